The molecule has 16 heavy (non-hydrogen) atoms. The molecule has 0 bridgehead atoms. The third kappa shape index (κ3) is 3.25. The molecular formula is C13H19N3. The van der Waals surface area contributed by atoms with Gasteiger partial charge in [-0.1, -0.05) is 17.7 Å². The van der Waals surface area contributed by atoms with E-state index in [1.807, 2.05) is 7.05 Å². The molecule has 1 rings (SSSR count). The summed E-state index contributed by atoms with van der Waals surface area (Å²) in [5.74, 6) is 0. The van der Waals surface area contributed by atoms with Gasteiger partial charge in [-0.25, -0.2) is 0 Å². The van der Waals surface area contributed by atoms with Gasteiger partial charge in [-0.15, -0.1) is 0 Å². The lowest BCUT2D eigenvalue weighted by molar-refractivity contribution is 0.648. The first-order chi connectivity index (χ1) is 7.71. The van der Waals surface area contributed by atoms with Gasteiger partial charge in [0.25, 0.3) is 0 Å². The Morgan fingerprint density at radius 3 is 2.44 bits per heavy atom. The fourth-order valence-electron chi connectivity index (χ4n) is 1.59. The third-order valence-corrected chi connectivity index (χ3v) is 2.69. The van der Waals surface area contributed by atoms with E-state index in [0.717, 1.165) is 6.54 Å². The average molecular weight is 217 g/mol. The highest BCUT2D eigenvalue weighted by molar-refractivity contribution is 5.47. The van der Waals surface area contributed by atoms with Gasteiger partial charge in [-0.2, -0.15) is 5.26 Å². The molecule has 0 saturated carbocycles. The standard InChI is InChI=1S/C13H19N3/c1-4-16(10-12(9-14)15-3)13-7-5-11(2)6-8-13/h5-8,12,15H,4,10H2,1-3H3. The molecule has 1 atom stereocenters. The van der Waals surface area contributed by atoms with E-state index in [0.29, 0.717) is 6.54 Å². The number of nitrogens with zero attached hydrogens (tertiary/aromatic N) is 2. The minimum absolute atomic E-state index is 0.124. The van der Waals surface area contributed by atoms with Gasteiger partial charge >= 0.3 is 0 Å². The lowest BCUT2D eigenvalue weighted by Gasteiger charge is -2.25. The van der Waals surface area contributed by atoms with E-state index in [-0.39, 0.29) is 6.04 Å². The summed E-state index contributed by atoms with van der Waals surface area (Å²) in [6.45, 7) is 5.80. The minimum atomic E-state index is -0.124. The molecule has 0 aliphatic heterocycles. The van der Waals surface area contributed by atoms with Crippen LogP contribution in [0.4, 0.5) is 5.69 Å². The number of nitriles is 1. The Bertz CT molecular complexity index is 350. The van der Waals surface area contributed by atoms with Gasteiger partial charge in [0.15, 0.2) is 0 Å². The molecular weight excluding hydrogens is 198 g/mol. The van der Waals surface area contributed by atoms with E-state index in [9.17, 15) is 0 Å². The maximum absolute atomic E-state index is 8.92. The molecule has 0 spiro atoms. The maximum atomic E-state index is 8.92. The van der Waals surface area contributed by atoms with Crippen LogP contribution >= 0.6 is 0 Å². The fourth-order valence-corrected chi connectivity index (χ4v) is 1.59. The quantitative estimate of drug-likeness (QED) is 0.819. The molecule has 3 heteroatoms. The summed E-state index contributed by atoms with van der Waals surface area (Å²) in [6.07, 6.45) is 0. The molecule has 86 valence electrons. The second-order valence-electron chi connectivity index (χ2n) is 3.84. The van der Waals surface area contributed by atoms with Crippen LogP contribution in [0.3, 0.4) is 0 Å². The number of hydrogen-bond acceptors (Lipinski definition) is 3. The smallest absolute Gasteiger partial charge is 0.113 e. The molecule has 1 N–H and O–H groups in total. The maximum Gasteiger partial charge on any atom is 0.113 e. The summed E-state index contributed by atoms with van der Waals surface area (Å²) in [5.41, 5.74) is 2.42. The van der Waals surface area contributed by atoms with Crippen LogP contribution in [0, 0.1) is 18.3 Å². The van der Waals surface area contributed by atoms with Crippen molar-refractivity contribution in [1.29, 1.82) is 5.26 Å². The predicted octanol–water partition coefficient (Wildman–Crippen LogP) is 1.93. The van der Waals surface area contributed by atoms with Gasteiger partial charge in [-0.05, 0) is 33.0 Å². The van der Waals surface area contributed by atoms with Crippen LogP contribution in [0.1, 0.15) is 12.5 Å². The summed E-state index contributed by atoms with van der Waals surface area (Å²) in [5, 5.41) is 11.9. The highest BCUT2D eigenvalue weighted by Crippen LogP contribution is 2.14. The summed E-state index contributed by atoms with van der Waals surface area (Å²) in [6, 6.07) is 10.5. The van der Waals surface area contributed by atoms with Crippen LogP contribution < -0.4 is 10.2 Å². The molecule has 1 aromatic rings. The monoisotopic (exact) mass is 217 g/mol. The zero-order chi connectivity index (χ0) is 12.0. The number of anilines is 1. The first kappa shape index (κ1) is 12.5. The molecule has 0 saturated heterocycles. The van der Waals surface area contributed by atoms with Crippen LogP contribution in [0.15, 0.2) is 24.3 Å². The second kappa shape index (κ2) is 6.14. The fraction of sp³-hybridized carbons (Fsp3) is 0.462. The Morgan fingerprint density at radius 1 is 1.38 bits per heavy atom. The van der Waals surface area contributed by atoms with Gasteiger partial charge < -0.3 is 10.2 Å². The topological polar surface area (TPSA) is 39.1 Å². The van der Waals surface area contributed by atoms with Gasteiger partial charge in [-0.3, -0.25) is 0 Å². The first-order valence-corrected chi connectivity index (χ1v) is 5.59. The van der Waals surface area contributed by atoms with Crippen molar-refractivity contribution >= 4 is 5.69 Å². The Morgan fingerprint density at radius 2 is 2.00 bits per heavy atom. The van der Waals surface area contributed by atoms with E-state index in [1.54, 1.807) is 0 Å². The minimum Gasteiger partial charge on any atom is -0.369 e. The van der Waals surface area contributed by atoms with E-state index in [1.165, 1.54) is 11.3 Å². The zero-order valence-electron chi connectivity index (χ0n) is 10.2. The zero-order valence-corrected chi connectivity index (χ0v) is 10.2. The van der Waals surface area contributed by atoms with Crippen molar-refractivity contribution in [2.24, 2.45) is 0 Å². The normalized spacial score (nSPS) is 11.9. The average Bonchev–Trinajstić information content (AvgIpc) is 2.32. The number of nitrogens with one attached hydrogen (secondary N) is 1. The third-order valence-electron chi connectivity index (χ3n) is 2.69. The Kier molecular flexibility index (Phi) is 4.81. The Balaban J connectivity index is 2.75. The second-order valence-corrected chi connectivity index (χ2v) is 3.84. The number of aryl methyl sites for hydroxylation is 1. The number of hydrogen-bond donors (Lipinski definition) is 1. The molecule has 0 aliphatic rings. The summed E-state index contributed by atoms with van der Waals surface area (Å²) in [7, 11) is 1.82. The highest BCUT2D eigenvalue weighted by Gasteiger charge is 2.10. The number of likely N-dealkylation sites (N-methyl/N-ethyl adjacent to an activating group) is 2. The van der Waals surface area contributed by atoms with Crippen molar-refractivity contribution in [3.8, 4) is 6.07 Å². The molecule has 0 heterocycles. The van der Waals surface area contributed by atoms with Gasteiger partial charge in [0.2, 0.25) is 0 Å². The van der Waals surface area contributed by atoms with E-state index < -0.39 is 0 Å². The van der Waals surface area contributed by atoms with Crippen molar-refractivity contribution in [3.63, 3.8) is 0 Å². The van der Waals surface area contributed by atoms with Crippen LogP contribution in [0.2, 0.25) is 0 Å². The molecule has 0 fully saturated rings. The van der Waals surface area contributed by atoms with Gasteiger partial charge in [0.1, 0.15) is 6.04 Å². The summed E-state index contributed by atoms with van der Waals surface area (Å²) >= 11 is 0. The lowest BCUT2D eigenvalue weighted by Crippen LogP contribution is -2.38. The highest BCUT2D eigenvalue weighted by atomic mass is 15.1. The molecule has 0 radical (unpaired) electrons. The molecule has 0 amide bonds. The summed E-state index contributed by atoms with van der Waals surface area (Å²) < 4.78 is 0. The van der Waals surface area contributed by atoms with Crippen molar-refractivity contribution in [2.75, 3.05) is 25.0 Å². The predicted molar refractivity (Wildman–Crippen MR) is 67.5 cm³/mol. The van der Waals surface area contributed by atoms with Crippen molar-refractivity contribution in [1.82, 2.24) is 5.32 Å². The van der Waals surface area contributed by atoms with Crippen LogP contribution in [-0.4, -0.2) is 26.2 Å². The Hall–Kier alpha value is -1.53. The van der Waals surface area contributed by atoms with E-state index in [4.69, 9.17) is 5.26 Å². The lowest BCUT2D eigenvalue weighted by atomic mass is 10.2. The molecule has 1 unspecified atom stereocenters. The van der Waals surface area contributed by atoms with Gasteiger partial charge in [0.05, 0.1) is 6.07 Å². The van der Waals surface area contributed by atoms with Crippen molar-refractivity contribution < 1.29 is 0 Å². The van der Waals surface area contributed by atoms with Gasteiger partial charge in [0, 0.05) is 18.8 Å². The summed E-state index contributed by atoms with van der Waals surface area (Å²) in [4.78, 5) is 2.20. The van der Waals surface area contributed by atoms with Crippen LogP contribution in [-0.2, 0) is 0 Å². The van der Waals surface area contributed by atoms with E-state index >= 15 is 0 Å². The van der Waals surface area contributed by atoms with Crippen molar-refractivity contribution in [3.05, 3.63) is 29.8 Å². The number of benzene rings is 1. The molecule has 3 nitrogen and oxygen atoms in total. The SMILES string of the molecule is CCN(CC(C#N)NC)c1ccc(C)cc1. The van der Waals surface area contributed by atoms with Crippen molar-refractivity contribution in [2.45, 2.75) is 19.9 Å². The number of rotatable bonds is 5. The van der Waals surface area contributed by atoms with Crippen LogP contribution in [0.25, 0.3) is 0 Å². The van der Waals surface area contributed by atoms with E-state index in [2.05, 4.69) is 54.4 Å². The molecule has 0 aromatic heterocycles. The molecule has 1 aromatic carbocycles. The first-order valence-electron chi connectivity index (χ1n) is 5.59. The Labute approximate surface area is 97.7 Å². The largest absolute Gasteiger partial charge is 0.369 e. The van der Waals surface area contributed by atoms with Crippen LogP contribution in [0.5, 0.6) is 0 Å². The molecule has 0 aliphatic carbocycles.